The van der Waals surface area contributed by atoms with Crippen molar-refractivity contribution in [3.63, 3.8) is 0 Å². The van der Waals surface area contributed by atoms with Gasteiger partial charge in [-0.2, -0.15) is 0 Å². The number of halogens is 1. The van der Waals surface area contributed by atoms with Crippen molar-refractivity contribution >= 4 is 23.5 Å². The van der Waals surface area contributed by atoms with Gasteiger partial charge in [0.15, 0.2) is 0 Å². The number of carbonyl (C=O) groups excluding carboxylic acids is 2. The van der Waals surface area contributed by atoms with Crippen molar-refractivity contribution in [3.8, 4) is 0 Å². The van der Waals surface area contributed by atoms with E-state index in [1.54, 1.807) is 19.1 Å². The molecule has 1 atom stereocenters. The second-order valence-corrected chi connectivity index (χ2v) is 7.54. The molecule has 0 bridgehead atoms. The van der Waals surface area contributed by atoms with Crippen molar-refractivity contribution in [2.45, 2.75) is 39.8 Å². The van der Waals surface area contributed by atoms with Gasteiger partial charge in [0.25, 0.3) is 0 Å². The van der Waals surface area contributed by atoms with Crippen LogP contribution in [0.15, 0.2) is 66.4 Å². The number of rotatable bonds is 10. The summed E-state index contributed by atoms with van der Waals surface area (Å²) in [5.41, 5.74) is 2.47. The normalized spacial score (nSPS) is 12.4. The summed E-state index contributed by atoms with van der Waals surface area (Å²) in [6, 6.07) is 16.4. The Morgan fingerprint density at radius 1 is 1.03 bits per heavy atom. The summed E-state index contributed by atoms with van der Waals surface area (Å²) in [7, 11) is 0. The molecule has 0 heterocycles. The molecule has 2 aromatic carbocycles. The van der Waals surface area contributed by atoms with Gasteiger partial charge in [0.1, 0.15) is 6.61 Å². The molecule has 0 aliphatic rings. The summed E-state index contributed by atoms with van der Waals surface area (Å²) in [5, 5.41) is 3.93. The molecule has 1 N–H and O–H groups in total. The first-order valence-corrected chi connectivity index (χ1v) is 10.4. The van der Waals surface area contributed by atoms with Gasteiger partial charge in [-0.15, -0.1) is 0 Å². The Balaban J connectivity index is 2.15. The fraction of sp³-hybridized carbons (Fsp3) is 0.333. The lowest BCUT2D eigenvalue weighted by Gasteiger charge is -2.24. The summed E-state index contributed by atoms with van der Waals surface area (Å²) in [6.45, 7) is 6.21. The lowest BCUT2D eigenvalue weighted by Crippen LogP contribution is -2.27. The molecule has 2 rings (SSSR count). The predicted octanol–water partition coefficient (Wildman–Crippen LogP) is 5.21. The monoisotopic (exact) mass is 429 g/mol. The molecular weight excluding hydrogens is 402 g/mol. The molecule has 0 aromatic heterocycles. The van der Waals surface area contributed by atoms with Gasteiger partial charge < -0.3 is 14.8 Å². The van der Waals surface area contributed by atoms with E-state index in [-0.39, 0.29) is 31.0 Å². The van der Waals surface area contributed by atoms with Crippen LogP contribution in [0, 0.1) is 5.92 Å². The lowest BCUT2D eigenvalue weighted by molar-refractivity contribution is -0.143. The molecule has 0 saturated heterocycles. The smallest absolute Gasteiger partial charge is 0.332 e. The maximum atomic E-state index is 12.4. The van der Waals surface area contributed by atoms with E-state index in [0.717, 1.165) is 11.1 Å². The quantitative estimate of drug-likeness (QED) is 0.415. The van der Waals surface area contributed by atoms with Crippen LogP contribution in [-0.2, 0) is 25.7 Å². The van der Waals surface area contributed by atoms with Crippen molar-refractivity contribution in [1.82, 2.24) is 5.32 Å². The van der Waals surface area contributed by atoms with E-state index in [2.05, 4.69) is 5.32 Å². The van der Waals surface area contributed by atoms with E-state index in [1.165, 1.54) is 6.08 Å². The van der Waals surface area contributed by atoms with Crippen LogP contribution in [0.3, 0.4) is 0 Å². The number of nitrogens with one attached hydrogen (secondary N) is 1. The van der Waals surface area contributed by atoms with Gasteiger partial charge in [-0.3, -0.25) is 4.79 Å². The number of benzene rings is 2. The third kappa shape index (κ3) is 7.91. The number of esters is 2. The largest absolute Gasteiger partial charge is 0.466 e. The van der Waals surface area contributed by atoms with Crippen LogP contribution in [-0.4, -0.2) is 18.5 Å². The van der Waals surface area contributed by atoms with Gasteiger partial charge in [-0.25, -0.2) is 4.79 Å². The van der Waals surface area contributed by atoms with E-state index in [4.69, 9.17) is 21.1 Å². The molecular formula is C24H28ClNO4. The van der Waals surface area contributed by atoms with Gasteiger partial charge in [0.2, 0.25) is 0 Å². The SMILES string of the molecule is CCOC(=O)CC(NC(=CC(=O)OCc1ccccc1)C(C)C)c1ccc(Cl)cc1. The predicted molar refractivity (Wildman–Crippen MR) is 118 cm³/mol. The summed E-state index contributed by atoms with van der Waals surface area (Å²) in [6.07, 6.45) is 1.57. The molecule has 30 heavy (non-hydrogen) atoms. The molecule has 0 fully saturated rings. The van der Waals surface area contributed by atoms with E-state index < -0.39 is 5.97 Å². The van der Waals surface area contributed by atoms with Crippen LogP contribution < -0.4 is 5.32 Å². The first kappa shape index (κ1) is 23.5. The fourth-order valence-corrected chi connectivity index (χ4v) is 2.93. The first-order chi connectivity index (χ1) is 14.4. The van der Waals surface area contributed by atoms with Crippen molar-refractivity contribution in [2.24, 2.45) is 5.92 Å². The molecule has 0 spiro atoms. The Labute approximate surface area is 183 Å². The second kappa shape index (κ2) is 12.0. The van der Waals surface area contributed by atoms with E-state index in [0.29, 0.717) is 17.3 Å². The van der Waals surface area contributed by atoms with Gasteiger partial charge >= 0.3 is 11.9 Å². The Morgan fingerprint density at radius 2 is 1.70 bits per heavy atom. The van der Waals surface area contributed by atoms with Crippen LogP contribution in [0.1, 0.15) is 44.4 Å². The van der Waals surface area contributed by atoms with E-state index in [9.17, 15) is 9.59 Å². The van der Waals surface area contributed by atoms with Crippen molar-refractivity contribution in [3.05, 3.63) is 82.5 Å². The molecule has 6 heteroatoms. The highest BCUT2D eigenvalue weighted by Crippen LogP contribution is 2.23. The molecule has 1 unspecified atom stereocenters. The minimum Gasteiger partial charge on any atom is -0.466 e. The van der Waals surface area contributed by atoms with E-state index >= 15 is 0 Å². The van der Waals surface area contributed by atoms with Crippen LogP contribution in [0.4, 0.5) is 0 Å². The van der Waals surface area contributed by atoms with Crippen LogP contribution in [0.5, 0.6) is 0 Å². The van der Waals surface area contributed by atoms with Crippen LogP contribution in [0.25, 0.3) is 0 Å². The molecule has 0 amide bonds. The molecule has 0 saturated carbocycles. The zero-order chi connectivity index (χ0) is 21.9. The minimum absolute atomic E-state index is 0.0197. The minimum atomic E-state index is -0.443. The van der Waals surface area contributed by atoms with Gasteiger partial charge in [-0.05, 0) is 36.1 Å². The third-order valence-electron chi connectivity index (χ3n) is 4.41. The zero-order valence-corrected chi connectivity index (χ0v) is 18.3. The number of hydrogen-bond acceptors (Lipinski definition) is 5. The number of carbonyl (C=O) groups is 2. The lowest BCUT2D eigenvalue weighted by atomic mass is 10.0. The third-order valence-corrected chi connectivity index (χ3v) is 4.66. The van der Waals surface area contributed by atoms with Gasteiger partial charge in [0, 0.05) is 16.8 Å². The highest BCUT2D eigenvalue weighted by molar-refractivity contribution is 6.30. The van der Waals surface area contributed by atoms with Gasteiger partial charge in [-0.1, -0.05) is 67.9 Å². The van der Waals surface area contributed by atoms with Crippen molar-refractivity contribution < 1.29 is 19.1 Å². The summed E-state index contributed by atoms with van der Waals surface area (Å²) in [4.78, 5) is 24.5. The fourth-order valence-electron chi connectivity index (χ4n) is 2.81. The highest BCUT2D eigenvalue weighted by atomic mass is 35.5. The molecule has 0 aliphatic heterocycles. The average molecular weight is 430 g/mol. The number of ether oxygens (including phenoxy) is 2. The molecule has 0 radical (unpaired) electrons. The Morgan fingerprint density at radius 3 is 2.30 bits per heavy atom. The molecule has 160 valence electrons. The number of allylic oxidation sites excluding steroid dienone is 1. The van der Waals surface area contributed by atoms with E-state index in [1.807, 2.05) is 56.3 Å². The van der Waals surface area contributed by atoms with Crippen LogP contribution in [0.2, 0.25) is 5.02 Å². The standard InChI is InChI=1S/C24H28ClNO4/c1-4-29-23(27)15-22(19-10-12-20(25)13-11-19)26-21(17(2)3)14-24(28)30-16-18-8-6-5-7-9-18/h5-14,17,22,26H,4,15-16H2,1-3H3. The summed E-state index contributed by atoms with van der Waals surface area (Å²) < 4.78 is 10.5. The number of hydrogen-bond donors (Lipinski definition) is 1. The maximum absolute atomic E-state index is 12.4. The Hall–Kier alpha value is -2.79. The average Bonchev–Trinajstić information content (AvgIpc) is 2.72. The highest BCUT2D eigenvalue weighted by Gasteiger charge is 2.20. The van der Waals surface area contributed by atoms with Crippen molar-refractivity contribution in [2.75, 3.05) is 6.61 Å². The summed E-state index contributed by atoms with van der Waals surface area (Å²) in [5.74, 6) is -0.743. The zero-order valence-electron chi connectivity index (χ0n) is 17.6. The molecule has 0 aliphatic carbocycles. The maximum Gasteiger partial charge on any atom is 0.332 e. The van der Waals surface area contributed by atoms with Crippen molar-refractivity contribution in [1.29, 1.82) is 0 Å². The Bertz CT molecular complexity index is 847. The Kier molecular flexibility index (Phi) is 9.42. The van der Waals surface area contributed by atoms with Gasteiger partial charge in [0.05, 0.1) is 19.1 Å². The topological polar surface area (TPSA) is 64.6 Å². The van der Waals surface area contributed by atoms with Crippen LogP contribution >= 0.6 is 11.6 Å². The molecule has 5 nitrogen and oxygen atoms in total. The second-order valence-electron chi connectivity index (χ2n) is 7.11. The summed E-state index contributed by atoms with van der Waals surface area (Å²) >= 11 is 6.00. The molecule has 2 aromatic rings. The first-order valence-electron chi connectivity index (χ1n) is 9.99.